The molecule has 38 heavy (non-hydrogen) atoms. The fraction of sp³-hybridized carbons (Fsp3) is 0. The van der Waals surface area contributed by atoms with Crippen molar-refractivity contribution in [2.24, 2.45) is 0 Å². The summed E-state index contributed by atoms with van der Waals surface area (Å²) in [7, 11) is 0. The number of hydrogen-bond donors (Lipinski definition) is 3. The molecule has 5 heterocycles. The van der Waals surface area contributed by atoms with Crippen molar-refractivity contribution < 1.29 is 0 Å². The molecule has 4 N–H and O–H groups in total. The molecule has 0 fully saturated rings. The molecule has 0 unspecified atom stereocenters. The number of hydrogen-bond acceptors (Lipinski definition) is 3. The molecule has 0 spiro atoms. The van der Waals surface area contributed by atoms with Gasteiger partial charge in [-0.15, -0.1) is 0 Å². The van der Waals surface area contributed by atoms with Crippen LogP contribution in [0.25, 0.3) is 51.1 Å². The molecule has 190 valence electrons. The summed E-state index contributed by atoms with van der Waals surface area (Å²) in [5, 5.41) is 0. The van der Waals surface area contributed by atoms with Crippen LogP contribution < -0.4 is 5.73 Å². The van der Waals surface area contributed by atoms with Crippen molar-refractivity contribution in [3.05, 3.63) is 84.7 Å². The van der Waals surface area contributed by atoms with E-state index in [1.165, 1.54) is 0 Å². The van der Waals surface area contributed by atoms with Crippen LogP contribution in [0.4, 0.5) is 5.69 Å². The second-order valence-corrected chi connectivity index (χ2v) is 13.9. The Hall–Kier alpha value is -1.02. The van der Waals surface area contributed by atoms with Gasteiger partial charge in [0.05, 0.1) is 70.7 Å². The maximum atomic E-state index is 6.01. The molecule has 0 saturated heterocycles. The first-order valence-electron chi connectivity index (χ1n) is 10.9. The minimum absolute atomic E-state index is 0.692. The lowest BCUT2D eigenvalue weighted by molar-refractivity contribution is 1.28. The Balaban J connectivity index is 1.85. The zero-order chi connectivity index (χ0) is 26.9. The highest BCUT2D eigenvalue weighted by Gasteiger charge is 2.25. The fourth-order valence-electron chi connectivity index (χ4n) is 4.21. The van der Waals surface area contributed by atoms with E-state index in [1.807, 2.05) is 48.5 Å². The molecule has 2 aliphatic rings. The number of nitrogens with zero attached hydrogens (tertiary/aromatic N) is 2. The summed E-state index contributed by atoms with van der Waals surface area (Å²) >= 11 is 26.4. The van der Waals surface area contributed by atoms with Crippen LogP contribution in [-0.2, 0) is 0 Å². The van der Waals surface area contributed by atoms with Crippen LogP contribution in [0.2, 0.25) is 0 Å². The number of halogens is 7. The zero-order valence-corrected chi connectivity index (χ0v) is 29.8. The molecule has 6 rings (SSSR count). The van der Waals surface area contributed by atoms with Crippen molar-refractivity contribution in [3.63, 3.8) is 0 Å². The first kappa shape index (κ1) is 27.2. The minimum Gasteiger partial charge on any atom is -0.399 e. The Kier molecular flexibility index (Phi) is 7.45. The molecule has 0 atom stereocenters. The van der Waals surface area contributed by atoms with E-state index in [-0.39, 0.29) is 0 Å². The van der Waals surface area contributed by atoms with E-state index in [1.54, 1.807) is 0 Å². The fourth-order valence-corrected chi connectivity index (χ4v) is 8.46. The highest BCUT2D eigenvalue weighted by Crippen LogP contribution is 2.47. The molecule has 0 radical (unpaired) electrons. The largest absolute Gasteiger partial charge is 0.399 e. The maximum absolute atomic E-state index is 6.01. The summed E-state index contributed by atoms with van der Waals surface area (Å²) in [6.45, 7) is 0. The standard InChI is InChI=1S/C26H12Br7N5/c27-16-12-6-5-11(35-12)15(9-1-3-10(34)4-2-9)23-19(30)20(31)24(37-23)17(28)13-7-8-14(36-13)18(29)26-22(33)21(32)25(16)38-26/h1-8,35-36H,34H2. The van der Waals surface area contributed by atoms with Crippen molar-refractivity contribution in [1.82, 2.24) is 19.9 Å². The van der Waals surface area contributed by atoms with Crippen LogP contribution in [0.3, 0.4) is 0 Å². The van der Waals surface area contributed by atoms with E-state index in [0.717, 1.165) is 87.3 Å². The number of rotatable bonds is 1. The molecule has 4 aromatic rings. The third-order valence-corrected chi connectivity index (χ3v) is 12.6. The smallest absolute Gasteiger partial charge is 0.0955 e. The first-order valence-corrected chi connectivity index (χ1v) is 16.4. The molecule has 3 aromatic heterocycles. The topological polar surface area (TPSA) is 83.4 Å². The second-order valence-electron chi connectivity index (χ2n) is 8.38. The number of aromatic nitrogens is 4. The number of nitrogens with two attached hydrogens (primary N) is 1. The summed E-state index contributed by atoms with van der Waals surface area (Å²) in [6.07, 6.45) is 0. The van der Waals surface area contributed by atoms with E-state index >= 15 is 0 Å². The van der Waals surface area contributed by atoms with Gasteiger partial charge in [0.15, 0.2) is 0 Å². The molecule has 12 heteroatoms. The monoisotopic (exact) mass is 947 g/mol. The van der Waals surface area contributed by atoms with Gasteiger partial charge in [-0.1, -0.05) is 12.1 Å². The van der Waals surface area contributed by atoms with Crippen LogP contribution >= 0.6 is 112 Å². The Morgan fingerprint density at radius 2 is 0.842 bits per heavy atom. The molecule has 2 aliphatic heterocycles. The van der Waals surface area contributed by atoms with Gasteiger partial charge in [-0.2, -0.15) is 0 Å². The lowest BCUT2D eigenvalue weighted by Crippen LogP contribution is -1.89. The predicted octanol–water partition coefficient (Wildman–Crippen LogP) is 11.1. The molecular weight excluding hydrogens is 942 g/mol. The van der Waals surface area contributed by atoms with Crippen LogP contribution in [0.1, 0.15) is 22.8 Å². The first-order chi connectivity index (χ1) is 18.2. The van der Waals surface area contributed by atoms with Gasteiger partial charge in [0.1, 0.15) is 0 Å². The quantitative estimate of drug-likeness (QED) is 0.166. The van der Waals surface area contributed by atoms with Gasteiger partial charge in [-0.3, -0.25) is 0 Å². The van der Waals surface area contributed by atoms with Crippen molar-refractivity contribution in [1.29, 1.82) is 0 Å². The van der Waals surface area contributed by atoms with Gasteiger partial charge < -0.3 is 15.7 Å². The van der Waals surface area contributed by atoms with E-state index in [4.69, 9.17) is 15.7 Å². The van der Waals surface area contributed by atoms with Crippen LogP contribution in [0, 0.1) is 0 Å². The third kappa shape index (κ3) is 4.48. The van der Waals surface area contributed by atoms with Gasteiger partial charge >= 0.3 is 0 Å². The number of nitrogens with one attached hydrogen (secondary N) is 2. The summed E-state index contributed by atoms with van der Waals surface area (Å²) in [6, 6.07) is 15.8. The Labute approximate surface area is 275 Å². The van der Waals surface area contributed by atoms with Crippen LogP contribution in [-0.4, -0.2) is 19.9 Å². The molecule has 8 bridgehead atoms. The van der Waals surface area contributed by atoms with Crippen LogP contribution in [0.15, 0.2) is 61.9 Å². The highest BCUT2D eigenvalue weighted by atomic mass is 79.9. The maximum Gasteiger partial charge on any atom is 0.0955 e. The lowest BCUT2D eigenvalue weighted by Gasteiger charge is -2.06. The van der Waals surface area contributed by atoms with E-state index in [0.29, 0.717) is 5.69 Å². The number of nitrogen functional groups attached to an aromatic ring is 1. The third-order valence-electron chi connectivity index (χ3n) is 6.07. The van der Waals surface area contributed by atoms with Gasteiger partial charge in [0, 0.05) is 16.8 Å². The minimum atomic E-state index is 0.692. The number of anilines is 1. The van der Waals surface area contributed by atoms with Crippen molar-refractivity contribution in [3.8, 4) is 11.1 Å². The Morgan fingerprint density at radius 3 is 1.32 bits per heavy atom. The molecule has 0 amide bonds. The van der Waals surface area contributed by atoms with Gasteiger partial charge in [0.25, 0.3) is 0 Å². The van der Waals surface area contributed by atoms with Gasteiger partial charge in [-0.05, 0) is 153 Å². The Morgan fingerprint density at radius 1 is 0.474 bits per heavy atom. The van der Waals surface area contributed by atoms with Crippen molar-refractivity contribution in [2.45, 2.75) is 0 Å². The number of benzene rings is 1. The average Bonchev–Trinajstić information content (AvgIpc) is 3.69. The zero-order valence-electron chi connectivity index (χ0n) is 18.7. The highest BCUT2D eigenvalue weighted by molar-refractivity contribution is 9.18. The average molecular weight is 954 g/mol. The lowest BCUT2D eigenvalue weighted by atomic mass is 10.0. The number of fused-ring (bicyclic) bond motifs is 8. The predicted molar refractivity (Wildman–Crippen MR) is 183 cm³/mol. The summed E-state index contributed by atoms with van der Waals surface area (Å²) < 4.78 is 5.80. The van der Waals surface area contributed by atoms with Crippen molar-refractivity contribution in [2.75, 3.05) is 5.73 Å². The number of aromatic amines is 2. The van der Waals surface area contributed by atoms with E-state index in [9.17, 15) is 0 Å². The van der Waals surface area contributed by atoms with Gasteiger partial charge in [0.2, 0.25) is 0 Å². The molecule has 0 saturated carbocycles. The molecule has 0 aliphatic carbocycles. The number of H-pyrrole nitrogens is 2. The molecule has 5 nitrogen and oxygen atoms in total. The summed E-state index contributed by atoms with van der Waals surface area (Å²) in [5.41, 5.74) is 15.1. The SMILES string of the molecule is Nc1ccc(-c2c3nc(c(Br)c4ccc([nH]4)c(Br)c4nc(c(Br)c5ccc2[nH]5)C(Br)=C4Br)C(Br)=C3Br)cc1. The van der Waals surface area contributed by atoms with Crippen molar-refractivity contribution >= 4 is 157 Å². The molecular formula is C26H12Br7N5. The normalized spacial score (nSPS) is 13.6. The summed E-state index contributed by atoms with van der Waals surface area (Å²) in [5.74, 6) is 0. The summed E-state index contributed by atoms with van der Waals surface area (Å²) in [4.78, 5) is 17.1. The van der Waals surface area contributed by atoms with E-state index in [2.05, 4.69) is 121 Å². The Bertz CT molecular complexity index is 1900. The molecule has 1 aromatic carbocycles. The van der Waals surface area contributed by atoms with Gasteiger partial charge in [-0.25, -0.2) is 9.97 Å². The van der Waals surface area contributed by atoms with Crippen LogP contribution in [0.5, 0.6) is 0 Å². The second kappa shape index (κ2) is 10.4. The van der Waals surface area contributed by atoms with E-state index < -0.39 is 0 Å².